The highest BCUT2D eigenvalue weighted by Gasteiger charge is 2.58. The van der Waals surface area contributed by atoms with Gasteiger partial charge in [0, 0.05) is 17.8 Å². The minimum Gasteiger partial charge on any atom is -0.385 e. The second-order valence-corrected chi connectivity index (χ2v) is 4.82. The summed E-state index contributed by atoms with van der Waals surface area (Å²) in [6.45, 7) is 0.436. The molecular formula is C16H14F5N. The first-order valence-corrected chi connectivity index (χ1v) is 6.63. The number of nitrogens with one attached hydrogen (secondary N) is 1. The fourth-order valence-corrected chi connectivity index (χ4v) is 1.99. The zero-order chi connectivity index (χ0) is 16.2. The summed E-state index contributed by atoms with van der Waals surface area (Å²) in [6, 6.07) is 13.7. The Morgan fingerprint density at radius 2 is 1.50 bits per heavy atom. The molecule has 0 saturated heterocycles. The fourth-order valence-electron chi connectivity index (χ4n) is 1.99. The molecule has 1 N–H and O–H groups in total. The molecule has 0 fully saturated rings. The first-order valence-electron chi connectivity index (χ1n) is 6.63. The van der Waals surface area contributed by atoms with Crippen LogP contribution in [0, 0.1) is 0 Å². The van der Waals surface area contributed by atoms with Crippen LogP contribution in [0.2, 0.25) is 0 Å². The molecule has 0 heterocycles. The van der Waals surface area contributed by atoms with Gasteiger partial charge in [-0.2, -0.15) is 22.0 Å². The van der Waals surface area contributed by atoms with E-state index in [4.69, 9.17) is 0 Å². The van der Waals surface area contributed by atoms with Gasteiger partial charge in [-0.15, -0.1) is 0 Å². The molecule has 22 heavy (non-hydrogen) atoms. The summed E-state index contributed by atoms with van der Waals surface area (Å²) in [5.74, 6) is -4.84. The zero-order valence-corrected chi connectivity index (χ0v) is 11.5. The number of para-hydroxylation sites is 1. The molecule has 0 radical (unpaired) electrons. The lowest BCUT2D eigenvalue weighted by molar-refractivity contribution is -0.289. The standard InChI is InChI=1S/C16H14F5N/c17-15(18,16(19,20)21)13-6-4-5-12(11-13)9-10-22-14-7-2-1-3-8-14/h1-8,11,22H,9-10H2. The van der Waals surface area contributed by atoms with Gasteiger partial charge in [-0.3, -0.25) is 0 Å². The maximum Gasteiger partial charge on any atom is 0.458 e. The Morgan fingerprint density at radius 3 is 2.14 bits per heavy atom. The number of hydrogen-bond acceptors (Lipinski definition) is 1. The second kappa shape index (κ2) is 6.34. The maximum atomic E-state index is 13.3. The predicted molar refractivity (Wildman–Crippen MR) is 75.0 cm³/mol. The number of rotatable bonds is 5. The molecule has 6 heteroatoms. The van der Waals surface area contributed by atoms with Gasteiger partial charge < -0.3 is 5.32 Å². The molecule has 2 aromatic carbocycles. The summed E-state index contributed by atoms with van der Waals surface area (Å²) >= 11 is 0. The maximum absolute atomic E-state index is 13.3. The van der Waals surface area contributed by atoms with E-state index in [9.17, 15) is 22.0 Å². The van der Waals surface area contributed by atoms with Gasteiger partial charge in [0.05, 0.1) is 0 Å². The van der Waals surface area contributed by atoms with Crippen molar-refractivity contribution in [3.63, 3.8) is 0 Å². The zero-order valence-electron chi connectivity index (χ0n) is 11.5. The third-order valence-corrected chi connectivity index (χ3v) is 3.16. The predicted octanol–water partition coefficient (Wildman–Crippen LogP) is 5.00. The summed E-state index contributed by atoms with van der Waals surface area (Å²) in [5, 5.41) is 3.07. The number of alkyl halides is 5. The van der Waals surface area contributed by atoms with Crippen LogP contribution < -0.4 is 5.32 Å². The Bertz CT molecular complexity index is 607. The van der Waals surface area contributed by atoms with Crippen molar-refractivity contribution in [2.24, 2.45) is 0 Å². The van der Waals surface area contributed by atoms with E-state index in [-0.39, 0.29) is 0 Å². The topological polar surface area (TPSA) is 12.0 Å². The normalized spacial score (nSPS) is 12.2. The molecule has 0 atom stereocenters. The monoisotopic (exact) mass is 315 g/mol. The van der Waals surface area contributed by atoms with Crippen molar-refractivity contribution in [2.45, 2.75) is 18.5 Å². The summed E-state index contributed by atoms with van der Waals surface area (Å²) in [7, 11) is 0. The second-order valence-electron chi connectivity index (χ2n) is 4.82. The summed E-state index contributed by atoms with van der Waals surface area (Å²) in [4.78, 5) is 0. The first kappa shape index (κ1) is 16.3. The molecule has 2 aromatic rings. The molecular weight excluding hydrogens is 301 g/mol. The van der Waals surface area contributed by atoms with Gasteiger partial charge in [0.15, 0.2) is 0 Å². The quantitative estimate of drug-likeness (QED) is 0.766. The average molecular weight is 315 g/mol. The average Bonchev–Trinajstić information content (AvgIpc) is 2.47. The summed E-state index contributed by atoms with van der Waals surface area (Å²) < 4.78 is 63.7. The molecule has 0 spiro atoms. The van der Waals surface area contributed by atoms with Gasteiger partial charge in [0.2, 0.25) is 0 Å². The highest BCUT2D eigenvalue weighted by molar-refractivity contribution is 5.42. The summed E-state index contributed by atoms with van der Waals surface area (Å²) in [6.07, 6.45) is -5.25. The van der Waals surface area contributed by atoms with Gasteiger partial charge in [0.1, 0.15) is 0 Å². The van der Waals surface area contributed by atoms with Crippen LogP contribution in [0.25, 0.3) is 0 Å². The minimum absolute atomic E-state index is 0.344. The van der Waals surface area contributed by atoms with Crippen LogP contribution in [-0.2, 0) is 12.3 Å². The van der Waals surface area contributed by atoms with E-state index in [1.54, 1.807) is 0 Å². The Kier molecular flexibility index (Phi) is 4.68. The third-order valence-electron chi connectivity index (χ3n) is 3.16. The van der Waals surface area contributed by atoms with Crippen molar-refractivity contribution in [1.82, 2.24) is 0 Å². The van der Waals surface area contributed by atoms with Crippen LogP contribution in [0.15, 0.2) is 54.6 Å². The van der Waals surface area contributed by atoms with E-state index in [2.05, 4.69) is 5.32 Å². The first-order chi connectivity index (χ1) is 10.3. The number of halogens is 5. The lowest BCUT2D eigenvalue weighted by Gasteiger charge is -2.20. The van der Waals surface area contributed by atoms with Crippen LogP contribution in [-0.4, -0.2) is 12.7 Å². The minimum atomic E-state index is -5.59. The highest BCUT2D eigenvalue weighted by atomic mass is 19.4. The largest absolute Gasteiger partial charge is 0.458 e. The van der Waals surface area contributed by atoms with E-state index < -0.39 is 17.7 Å². The molecule has 2 rings (SSSR count). The lowest BCUT2D eigenvalue weighted by Crippen LogP contribution is -2.33. The van der Waals surface area contributed by atoms with Gasteiger partial charge in [0.25, 0.3) is 0 Å². The Morgan fingerprint density at radius 1 is 0.818 bits per heavy atom. The van der Waals surface area contributed by atoms with Crippen molar-refractivity contribution in [2.75, 3.05) is 11.9 Å². The van der Waals surface area contributed by atoms with Gasteiger partial charge in [-0.1, -0.05) is 36.4 Å². The SMILES string of the molecule is FC(F)(F)C(F)(F)c1cccc(CCNc2ccccc2)c1. The Hall–Kier alpha value is -2.11. The van der Waals surface area contributed by atoms with Crippen LogP contribution in [0.4, 0.5) is 27.6 Å². The fraction of sp³-hybridized carbons (Fsp3) is 0.250. The van der Waals surface area contributed by atoms with Gasteiger partial charge >= 0.3 is 12.1 Å². The molecule has 1 nitrogen and oxygen atoms in total. The molecule has 0 amide bonds. The van der Waals surface area contributed by atoms with Crippen LogP contribution in [0.5, 0.6) is 0 Å². The summed E-state index contributed by atoms with van der Waals surface area (Å²) in [5.41, 5.74) is 0.251. The van der Waals surface area contributed by atoms with Crippen LogP contribution >= 0.6 is 0 Å². The number of hydrogen-bond donors (Lipinski definition) is 1. The Labute approximate surface area is 124 Å². The highest BCUT2D eigenvalue weighted by Crippen LogP contribution is 2.43. The van der Waals surface area contributed by atoms with Crippen molar-refractivity contribution in [3.8, 4) is 0 Å². The molecule has 0 bridgehead atoms. The molecule has 0 aromatic heterocycles. The third kappa shape index (κ3) is 3.75. The molecule has 0 aliphatic carbocycles. The van der Waals surface area contributed by atoms with E-state index >= 15 is 0 Å². The van der Waals surface area contributed by atoms with E-state index in [1.807, 2.05) is 30.3 Å². The van der Waals surface area contributed by atoms with E-state index in [0.29, 0.717) is 18.5 Å². The van der Waals surface area contributed by atoms with Crippen molar-refractivity contribution < 1.29 is 22.0 Å². The molecule has 0 unspecified atom stereocenters. The van der Waals surface area contributed by atoms with Gasteiger partial charge in [-0.25, -0.2) is 0 Å². The van der Waals surface area contributed by atoms with Crippen molar-refractivity contribution >= 4 is 5.69 Å². The van der Waals surface area contributed by atoms with Crippen molar-refractivity contribution in [1.29, 1.82) is 0 Å². The van der Waals surface area contributed by atoms with Gasteiger partial charge in [-0.05, 0) is 30.2 Å². The Balaban J connectivity index is 2.03. The van der Waals surface area contributed by atoms with E-state index in [0.717, 1.165) is 17.8 Å². The van der Waals surface area contributed by atoms with Crippen molar-refractivity contribution in [3.05, 3.63) is 65.7 Å². The number of anilines is 1. The molecule has 0 aliphatic heterocycles. The number of benzene rings is 2. The molecule has 0 saturated carbocycles. The smallest absolute Gasteiger partial charge is 0.385 e. The molecule has 118 valence electrons. The van der Waals surface area contributed by atoms with Crippen LogP contribution in [0.3, 0.4) is 0 Å². The van der Waals surface area contributed by atoms with Crippen LogP contribution in [0.1, 0.15) is 11.1 Å². The van der Waals surface area contributed by atoms with E-state index in [1.165, 1.54) is 12.1 Å². The lowest BCUT2D eigenvalue weighted by atomic mass is 10.0. The molecule has 0 aliphatic rings.